The molecule has 2 heterocycles. The number of likely N-dealkylation sites (tertiary alicyclic amines) is 1. The van der Waals surface area contributed by atoms with Crippen molar-refractivity contribution in [3.05, 3.63) is 23.9 Å². The van der Waals surface area contributed by atoms with Gasteiger partial charge < -0.3 is 10.2 Å². The molecular weight excluding hydrogens is 252 g/mol. The van der Waals surface area contributed by atoms with Crippen LogP contribution in [0.3, 0.4) is 0 Å². The van der Waals surface area contributed by atoms with Crippen molar-refractivity contribution in [2.75, 3.05) is 31.5 Å². The average molecular weight is 276 g/mol. The molecule has 1 fully saturated rings. The molecule has 0 aliphatic carbocycles. The van der Waals surface area contributed by atoms with Gasteiger partial charge in [0.25, 0.3) is 0 Å². The maximum absolute atomic E-state index is 11.7. The van der Waals surface area contributed by atoms with Crippen molar-refractivity contribution >= 4 is 11.8 Å². The van der Waals surface area contributed by atoms with Crippen LogP contribution >= 0.6 is 0 Å². The highest BCUT2D eigenvalue weighted by Gasteiger charge is 2.15. The Bertz CT molecular complexity index is 424. The van der Waals surface area contributed by atoms with Gasteiger partial charge in [-0.25, -0.2) is 9.78 Å². The van der Waals surface area contributed by atoms with Crippen molar-refractivity contribution in [3.8, 4) is 0 Å². The van der Waals surface area contributed by atoms with Gasteiger partial charge in [0.05, 0.1) is 0 Å². The Morgan fingerprint density at radius 3 is 2.80 bits per heavy atom. The molecule has 110 valence electrons. The maximum Gasteiger partial charge on any atom is 0.320 e. The van der Waals surface area contributed by atoms with E-state index < -0.39 is 0 Å². The SMILES string of the molecule is Cc1ccc(NC(=O)NCCN2CCC(C)CC2)nc1. The number of aromatic nitrogens is 1. The molecule has 0 saturated carbocycles. The minimum Gasteiger partial charge on any atom is -0.337 e. The number of nitrogens with zero attached hydrogens (tertiary/aromatic N) is 2. The molecule has 2 N–H and O–H groups in total. The Kier molecular flexibility index (Phi) is 5.35. The zero-order valence-corrected chi connectivity index (χ0v) is 12.4. The summed E-state index contributed by atoms with van der Waals surface area (Å²) in [6, 6.07) is 3.55. The van der Waals surface area contributed by atoms with E-state index >= 15 is 0 Å². The highest BCUT2D eigenvalue weighted by atomic mass is 16.2. The van der Waals surface area contributed by atoms with Crippen LogP contribution in [0.2, 0.25) is 0 Å². The first-order valence-corrected chi connectivity index (χ1v) is 7.33. The van der Waals surface area contributed by atoms with Crippen molar-refractivity contribution in [3.63, 3.8) is 0 Å². The molecule has 0 aromatic carbocycles. The summed E-state index contributed by atoms with van der Waals surface area (Å²) in [6.45, 7) is 8.15. The summed E-state index contributed by atoms with van der Waals surface area (Å²) in [5.74, 6) is 1.43. The van der Waals surface area contributed by atoms with Crippen LogP contribution in [0.1, 0.15) is 25.3 Å². The molecule has 1 aliphatic rings. The molecular formula is C15H24N4O. The highest BCUT2D eigenvalue weighted by molar-refractivity contribution is 5.88. The summed E-state index contributed by atoms with van der Waals surface area (Å²) in [7, 11) is 0. The number of anilines is 1. The van der Waals surface area contributed by atoms with Gasteiger partial charge in [-0.3, -0.25) is 5.32 Å². The Hall–Kier alpha value is -1.62. The lowest BCUT2D eigenvalue weighted by Gasteiger charge is -2.30. The normalized spacial score (nSPS) is 16.9. The third-order valence-electron chi connectivity index (χ3n) is 3.74. The van der Waals surface area contributed by atoms with Gasteiger partial charge in [-0.1, -0.05) is 13.0 Å². The molecule has 5 heteroatoms. The molecule has 2 amide bonds. The first kappa shape index (κ1) is 14.8. The fraction of sp³-hybridized carbons (Fsp3) is 0.600. The Labute approximate surface area is 120 Å². The minimum atomic E-state index is -0.188. The number of hydrogen-bond donors (Lipinski definition) is 2. The fourth-order valence-corrected chi connectivity index (χ4v) is 2.32. The minimum absolute atomic E-state index is 0.188. The number of pyridine rings is 1. The van der Waals surface area contributed by atoms with Gasteiger partial charge in [-0.05, 0) is 50.4 Å². The standard InChI is InChI=1S/C15H24N4O/c1-12-5-8-19(9-6-12)10-7-16-15(20)18-14-4-3-13(2)11-17-14/h3-4,11-12H,5-10H2,1-2H3,(H2,16,17,18,20). The van der Waals surface area contributed by atoms with Crippen LogP contribution in [-0.2, 0) is 0 Å². The monoisotopic (exact) mass is 276 g/mol. The Balaban J connectivity index is 1.64. The quantitative estimate of drug-likeness (QED) is 0.886. The average Bonchev–Trinajstić information content (AvgIpc) is 2.44. The molecule has 0 bridgehead atoms. The maximum atomic E-state index is 11.7. The second kappa shape index (κ2) is 7.24. The van der Waals surface area contributed by atoms with E-state index in [1.165, 1.54) is 12.8 Å². The second-order valence-electron chi connectivity index (χ2n) is 5.63. The van der Waals surface area contributed by atoms with Crippen molar-refractivity contribution in [2.45, 2.75) is 26.7 Å². The summed E-state index contributed by atoms with van der Waals surface area (Å²) in [5, 5.41) is 5.61. The second-order valence-corrected chi connectivity index (χ2v) is 5.63. The number of amides is 2. The third-order valence-corrected chi connectivity index (χ3v) is 3.74. The highest BCUT2D eigenvalue weighted by Crippen LogP contribution is 2.15. The summed E-state index contributed by atoms with van der Waals surface area (Å²) < 4.78 is 0. The van der Waals surface area contributed by atoms with E-state index in [0.29, 0.717) is 12.4 Å². The smallest absolute Gasteiger partial charge is 0.320 e. The number of rotatable bonds is 4. The fourth-order valence-electron chi connectivity index (χ4n) is 2.32. The van der Waals surface area contributed by atoms with Crippen LogP contribution < -0.4 is 10.6 Å². The zero-order valence-electron chi connectivity index (χ0n) is 12.4. The van der Waals surface area contributed by atoms with E-state index in [9.17, 15) is 4.79 Å². The van der Waals surface area contributed by atoms with Crippen molar-refractivity contribution < 1.29 is 4.79 Å². The lowest BCUT2D eigenvalue weighted by molar-refractivity contribution is 0.192. The van der Waals surface area contributed by atoms with Gasteiger partial charge >= 0.3 is 6.03 Å². The van der Waals surface area contributed by atoms with Crippen LogP contribution in [0.5, 0.6) is 0 Å². The lowest BCUT2D eigenvalue weighted by Crippen LogP contribution is -2.40. The number of carbonyl (C=O) groups is 1. The summed E-state index contributed by atoms with van der Waals surface area (Å²) in [6.07, 6.45) is 4.27. The Morgan fingerprint density at radius 1 is 1.40 bits per heavy atom. The van der Waals surface area contributed by atoms with Crippen molar-refractivity contribution in [1.82, 2.24) is 15.2 Å². The first-order valence-electron chi connectivity index (χ1n) is 7.33. The first-order chi connectivity index (χ1) is 9.63. The molecule has 0 radical (unpaired) electrons. The van der Waals surface area contributed by atoms with Gasteiger partial charge in [0.1, 0.15) is 5.82 Å². The molecule has 1 aliphatic heterocycles. The van der Waals surface area contributed by atoms with E-state index in [1.807, 2.05) is 13.0 Å². The van der Waals surface area contributed by atoms with Gasteiger partial charge in [0, 0.05) is 19.3 Å². The lowest BCUT2D eigenvalue weighted by atomic mass is 9.99. The molecule has 0 unspecified atom stereocenters. The van der Waals surface area contributed by atoms with E-state index in [0.717, 1.165) is 31.1 Å². The topological polar surface area (TPSA) is 57.3 Å². The number of aryl methyl sites for hydroxylation is 1. The summed E-state index contributed by atoms with van der Waals surface area (Å²) >= 11 is 0. The van der Waals surface area contributed by atoms with Gasteiger partial charge in [0.15, 0.2) is 0 Å². The molecule has 0 atom stereocenters. The van der Waals surface area contributed by atoms with Gasteiger partial charge in [-0.2, -0.15) is 0 Å². The molecule has 1 aromatic rings. The zero-order chi connectivity index (χ0) is 14.4. The summed E-state index contributed by atoms with van der Waals surface area (Å²) in [5.41, 5.74) is 1.08. The van der Waals surface area contributed by atoms with E-state index in [1.54, 1.807) is 12.3 Å². The van der Waals surface area contributed by atoms with Crippen LogP contribution in [-0.4, -0.2) is 42.1 Å². The van der Waals surface area contributed by atoms with E-state index in [4.69, 9.17) is 0 Å². The molecule has 0 spiro atoms. The number of hydrogen-bond acceptors (Lipinski definition) is 3. The predicted molar refractivity (Wildman–Crippen MR) is 80.8 cm³/mol. The van der Waals surface area contributed by atoms with Gasteiger partial charge in [0.2, 0.25) is 0 Å². The van der Waals surface area contributed by atoms with Crippen molar-refractivity contribution in [2.24, 2.45) is 5.92 Å². The van der Waals surface area contributed by atoms with Crippen LogP contribution in [0.15, 0.2) is 18.3 Å². The third kappa shape index (κ3) is 4.81. The molecule has 1 saturated heterocycles. The molecule has 2 rings (SSSR count). The predicted octanol–water partition coefficient (Wildman–Crippen LogP) is 2.24. The van der Waals surface area contributed by atoms with E-state index in [-0.39, 0.29) is 6.03 Å². The number of piperidine rings is 1. The largest absolute Gasteiger partial charge is 0.337 e. The van der Waals surface area contributed by atoms with Crippen LogP contribution in [0.4, 0.5) is 10.6 Å². The van der Waals surface area contributed by atoms with Crippen LogP contribution in [0, 0.1) is 12.8 Å². The number of carbonyl (C=O) groups excluding carboxylic acids is 1. The van der Waals surface area contributed by atoms with Crippen molar-refractivity contribution in [1.29, 1.82) is 0 Å². The number of nitrogens with one attached hydrogen (secondary N) is 2. The molecule has 1 aromatic heterocycles. The van der Waals surface area contributed by atoms with Crippen LogP contribution in [0.25, 0.3) is 0 Å². The van der Waals surface area contributed by atoms with E-state index in [2.05, 4.69) is 27.4 Å². The van der Waals surface area contributed by atoms with Gasteiger partial charge in [-0.15, -0.1) is 0 Å². The summed E-state index contributed by atoms with van der Waals surface area (Å²) in [4.78, 5) is 18.3. The Morgan fingerprint density at radius 2 is 2.15 bits per heavy atom. The molecule has 5 nitrogen and oxygen atoms in total. The number of urea groups is 1. The molecule has 20 heavy (non-hydrogen) atoms.